The highest BCUT2D eigenvalue weighted by Crippen LogP contribution is 2.41. The Hall–Kier alpha value is -2.37. The van der Waals surface area contributed by atoms with Crippen molar-refractivity contribution >= 4 is 22.6 Å². The van der Waals surface area contributed by atoms with Gasteiger partial charge in [-0.2, -0.15) is 0 Å². The molecule has 28 heavy (non-hydrogen) atoms. The Bertz CT molecular complexity index is 1120. The van der Waals surface area contributed by atoms with Gasteiger partial charge in [0.15, 0.2) is 0 Å². The van der Waals surface area contributed by atoms with Crippen molar-refractivity contribution in [2.75, 3.05) is 6.73 Å². The maximum atomic E-state index is 13.2. The number of benzene rings is 2. The number of fused-ring (bicyclic) bond motifs is 5. The number of aryl methyl sites for hydroxylation is 1. The normalized spacial score (nSPS) is 16.5. The summed E-state index contributed by atoms with van der Waals surface area (Å²) in [6.45, 7) is 1.51. The number of hydrogen-bond donors (Lipinski definition) is 0. The van der Waals surface area contributed by atoms with Crippen LogP contribution in [0.5, 0.6) is 5.75 Å². The fourth-order valence-corrected chi connectivity index (χ4v) is 4.54. The standard InChI is InChI=1S/C22H19ClFNO3/c23-19-9-17-15-3-1-2-4-16(15)22(26)28-20(17)18-11-25(12-27-21(18)19)10-13-5-7-14(24)8-6-13/h5-9H,1-4,10-12H2. The molecule has 0 atom stereocenters. The molecule has 5 rings (SSSR count). The van der Waals surface area contributed by atoms with Gasteiger partial charge in [0.05, 0.1) is 10.6 Å². The van der Waals surface area contributed by atoms with Gasteiger partial charge < -0.3 is 9.15 Å². The largest absolute Gasteiger partial charge is 0.476 e. The first-order valence-electron chi connectivity index (χ1n) is 9.49. The molecule has 0 bridgehead atoms. The minimum atomic E-state index is -0.256. The van der Waals surface area contributed by atoms with E-state index in [2.05, 4.69) is 4.90 Å². The summed E-state index contributed by atoms with van der Waals surface area (Å²) < 4.78 is 24.8. The first kappa shape index (κ1) is 17.7. The van der Waals surface area contributed by atoms with Crippen molar-refractivity contribution in [3.63, 3.8) is 0 Å². The second kappa shape index (κ2) is 6.90. The molecule has 2 aliphatic rings. The highest BCUT2D eigenvalue weighted by molar-refractivity contribution is 6.33. The van der Waals surface area contributed by atoms with Gasteiger partial charge in [-0.15, -0.1) is 0 Å². The highest BCUT2D eigenvalue weighted by atomic mass is 35.5. The molecule has 2 aromatic carbocycles. The lowest BCUT2D eigenvalue weighted by Crippen LogP contribution is -2.32. The van der Waals surface area contributed by atoms with Crippen LogP contribution in [0.4, 0.5) is 4.39 Å². The van der Waals surface area contributed by atoms with E-state index in [0.29, 0.717) is 36.2 Å². The van der Waals surface area contributed by atoms with Gasteiger partial charge in [0.2, 0.25) is 0 Å². The lowest BCUT2D eigenvalue weighted by molar-refractivity contribution is 0.0890. The predicted molar refractivity (Wildman–Crippen MR) is 105 cm³/mol. The predicted octanol–water partition coefficient (Wildman–Crippen LogP) is 4.82. The van der Waals surface area contributed by atoms with Gasteiger partial charge in [-0.05, 0) is 55.0 Å². The molecule has 2 heterocycles. The summed E-state index contributed by atoms with van der Waals surface area (Å²) in [7, 11) is 0. The van der Waals surface area contributed by atoms with E-state index in [-0.39, 0.29) is 11.4 Å². The van der Waals surface area contributed by atoms with E-state index in [1.165, 1.54) is 12.1 Å². The summed E-state index contributed by atoms with van der Waals surface area (Å²) in [5.41, 5.74) is 3.98. The summed E-state index contributed by atoms with van der Waals surface area (Å²) in [6, 6.07) is 8.30. The minimum Gasteiger partial charge on any atom is -0.476 e. The van der Waals surface area contributed by atoms with Crippen LogP contribution in [-0.2, 0) is 25.9 Å². The quantitative estimate of drug-likeness (QED) is 0.579. The molecule has 1 aromatic heterocycles. The Morgan fingerprint density at radius 2 is 1.82 bits per heavy atom. The number of ether oxygens (including phenoxy) is 1. The van der Waals surface area contributed by atoms with Crippen molar-refractivity contribution < 1.29 is 13.5 Å². The van der Waals surface area contributed by atoms with Gasteiger partial charge >= 0.3 is 5.63 Å². The number of nitrogens with zero attached hydrogens (tertiary/aromatic N) is 1. The fraction of sp³-hybridized carbons (Fsp3) is 0.318. The van der Waals surface area contributed by atoms with E-state index in [1.807, 2.05) is 6.07 Å². The van der Waals surface area contributed by atoms with Gasteiger partial charge in [-0.3, -0.25) is 4.90 Å². The average Bonchev–Trinajstić information content (AvgIpc) is 2.71. The number of hydrogen-bond acceptors (Lipinski definition) is 4. The Kier molecular flexibility index (Phi) is 4.37. The summed E-state index contributed by atoms with van der Waals surface area (Å²) in [4.78, 5) is 14.6. The van der Waals surface area contributed by atoms with E-state index in [9.17, 15) is 9.18 Å². The third-order valence-corrected chi connectivity index (χ3v) is 5.89. The summed E-state index contributed by atoms with van der Waals surface area (Å²) >= 11 is 6.52. The second-order valence-electron chi connectivity index (χ2n) is 7.48. The monoisotopic (exact) mass is 399 g/mol. The molecule has 6 heteroatoms. The molecule has 4 nitrogen and oxygen atoms in total. The molecule has 0 N–H and O–H groups in total. The van der Waals surface area contributed by atoms with Crippen molar-refractivity contribution in [1.82, 2.24) is 4.90 Å². The van der Waals surface area contributed by atoms with Crippen LogP contribution in [0.15, 0.2) is 39.5 Å². The zero-order chi connectivity index (χ0) is 19.3. The molecule has 0 unspecified atom stereocenters. The van der Waals surface area contributed by atoms with Crippen LogP contribution in [0.25, 0.3) is 11.0 Å². The molecule has 0 saturated carbocycles. The van der Waals surface area contributed by atoms with Crippen LogP contribution in [0.3, 0.4) is 0 Å². The molecular weight excluding hydrogens is 381 g/mol. The summed E-state index contributed by atoms with van der Waals surface area (Å²) in [6.07, 6.45) is 3.70. The molecule has 0 fully saturated rings. The van der Waals surface area contributed by atoms with Gasteiger partial charge in [-0.1, -0.05) is 23.7 Å². The Balaban J connectivity index is 1.58. The lowest BCUT2D eigenvalue weighted by atomic mass is 9.90. The van der Waals surface area contributed by atoms with Gasteiger partial charge in [0.1, 0.15) is 23.9 Å². The first-order valence-corrected chi connectivity index (χ1v) is 9.87. The Morgan fingerprint density at radius 1 is 1.07 bits per heavy atom. The van der Waals surface area contributed by atoms with E-state index < -0.39 is 0 Å². The molecule has 0 spiro atoms. The van der Waals surface area contributed by atoms with Crippen molar-refractivity contribution in [2.24, 2.45) is 0 Å². The zero-order valence-electron chi connectivity index (χ0n) is 15.3. The van der Waals surface area contributed by atoms with Crippen LogP contribution in [0, 0.1) is 5.82 Å². The van der Waals surface area contributed by atoms with E-state index in [4.69, 9.17) is 20.8 Å². The molecule has 1 aliphatic carbocycles. The molecule has 0 amide bonds. The smallest absolute Gasteiger partial charge is 0.339 e. The van der Waals surface area contributed by atoms with Crippen LogP contribution in [0.1, 0.15) is 35.1 Å². The first-order chi connectivity index (χ1) is 13.6. The third kappa shape index (κ3) is 2.99. The van der Waals surface area contributed by atoms with Crippen molar-refractivity contribution in [2.45, 2.75) is 38.8 Å². The van der Waals surface area contributed by atoms with Gasteiger partial charge in [0, 0.05) is 24.0 Å². The summed E-state index contributed by atoms with van der Waals surface area (Å²) in [5.74, 6) is 0.330. The SMILES string of the molecule is O=c1oc2c3c(c(Cl)cc2c2c1CCCC2)OCN(Cc1ccc(F)cc1)C3. The average molecular weight is 400 g/mol. The third-order valence-electron chi connectivity index (χ3n) is 5.61. The van der Waals surface area contributed by atoms with Gasteiger partial charge in [-0.25, -0.2) is 9.18 Å². The zero-order valence-corrected chi connectivity index (χ0v) is 16.0. The molecule has 0 radical (unpaired) electrons. The van der Waals surface area contributed by atoms with Crippen LogP contribution >= 0.6 is 11.6 Å². The van der Waals surface area contributed by atoms with Crippen LogP contribution in [-0.4, -0.2) is 11.6 Å². The molecule has 0 saturated heterocycles. The molecule has 3 aromatic rings. The second-order valence-corrected chi connectivity index (χ2v) is 7.89. The maximum absolute atomic E-state index is 13.2. The highest BCUT2D eigenvalue weighted by Gasteiger charge is 2.27. The van der Waals surface area contributed by atoms with E-state index in [1.54, 1.807) is 12.1 Å². The lowest BCUT2D eigenvalue weighted by Gasteiger charge is -2.30. The topological polar surface area (TPSA) is 42.7 Å². The number of halogens is 2. The van der Waals surface area contributed by atoms with Crippen LogP contribution < -0.4 is 10.4 Å². The van der Waals surface area contributed by atoms with E-state index in [0.717, 1.165) is 53.3 Å². The van der Waals surface area contributed by atoms with Crippen molar-refractivity contribution in [3.8, 4) is 5.75 Å². The van der Waals surface area contributed by atoms with Crippen molar-refractivity contribution in [3.05, 3.63) is 73.8 Å². The minimum absolute atomic E-state index is 0.248. The van der Waals surface area contributed by atoms with Crippen molar-refractivity contribution in [1.29, 1.82) is 0 Å². The molecule has 144 valence electrons. The van der Waals surface area contributed by atoms with E-state index >= 15 is 0 Å². The van der Waals surface area contributed by atoms with Crippen LogP contribution in [0.2, 0.25) is 5.02 Å². The fourth-order valence-electron chi connectivity index (χ4n) is 4.26. The molecule has 1 aliphatic heterocycles. The summed E-state index contributed by atoms with van der Waals surface area (Å²) in [5, 5.41) is 1.47. The Labute approximate surface area is 166 Å². The Morgan fingerprint density at radius 3 is 2.61 bits per heavy atom. The number of rotatable bonds is 2. The maximum Gasteiger partial charge on any atom is 0.339 e. The molecular formula is C22H19ClFNO3. The van der Waals surface area contributed by atoms with Gasteiger partial charge in [0.25, 0.3) is 0 Å².